The molecule has 27 heavy (non-hydrogen) atoms. The maximum absolute atomic E-state index is 14.1. The Kier molecular flexibility index (Phi) is 4.87. The first-order valence-corrected chi connectivity index (χ1v) is 9.52. The molecule has 1 saturated heterocycles. The van der Waals surface area contributed by atoms with Gasteiger partial charge in [0.1, 0.15) is 11.6 Å². The fourth-order valence-corrected chi connectivity index (χ4v) is 4.14. The second-order valence-corrected chi connectivity index (χ2v) is 7.62. The van der Waals surface area contributed by atoms with E-state index in [-0.39, 0.29) is 11.7 Å². The van der Waals surface area contributed by atoms with Crippen LogP contribution in [0.2, 0.25) is 0 Å². The van der Waals surface area contributed by atoms with Crippen LogP contribution in [0.25, 0.3) is 0 Å². The van der Waals surface area contributed by atoms with E-state index in [1.807, 2.05) is 6.07 Å². The molecule has 1 fully saturated rings. The van der Waals surface area contributed by atoms with Gasteiger partial charge < -0.3 is 15.4 Å². The van der Waals surface area contributed by atoms with E-state index in [0.717, 1.165) is 24.2 Å². The molecule has 5 heteroatoms. The first-order chi connectivity index (χ1) is 13.1. The van der Waals surface area contributed by atoms with Gasteiger partial charge in [0.2, 0.25) is 5.91 Å². The summed E-state index contributed by atoms with van der Waals surface area (Å²) < 4.78 is 19.6. The van der Waals surface area contributed by atoms with Gasteiger partial charge in [0.25, 0.3) is 0 Å². The zero-order chi connectivity index (χ0) is 18.9. The number of ether oxygens (including phenoxy) is 1. The van der Waals surface area contributed by atoms with E-state index in [2.05, 4.69) is 22.8 Å². The van der Waals surface area contributed by atoms with Gasteiger partial charge in [-0.15, -0.1) is 0 Å². The Morgan fingerprint density at radius 3 is 2.59 bits per heavy atom. The SMILES string of the molecule is COc1cc2c(cc1CNC(=O)C1(Cc3ccccc3F)CNC1)CCC2. The summed E-state index contributed by atoms with van der Waals surface area (Å²) >= 11 is 0. The van der Waals surface area contributed by atoms with Gasteiger partial charge in [0, 0.05) is 25.2 Å². The van der Waals surface area contributed by atoms with Crippen LogP contribution >= 0.6 is 0 Å². The molecule has 142 valence electrons. The molecule has 2 N–H and O–H groups in total. The third kappa shape index (κ3) is 3.44. The molecule has 1 aliphatic heterocycles. The highest BCUT2D eigenvalue weighted by Gasteiger charge is 2.44. The van der Waals surface area contributed by atoms with Crippen molar-refractivity contribution < 1.29 is 13.9 Å². The van der Waals surface area contributed by atoms with Crippen molar-refractivity contribution in [2.24, 2.45) is 5.41 Å². The van der Waals surface area contributed by atoms with Crippen LogP contribution in [0.15, 0.2) is 36.4 Å². The highest BCUT2D eigenvalue weighted by molar-refractivity contribution is 5.84. The second kappa shape index (κ2) is 7.31. The highest BCUT2D eigenvalue weighted by atomic mass is 19.1. The quantitative estimate of drug-likeness (QED) is 0.824. The van der Waals surface area contributed by atoms with E-state index in [1.54, 1.807) is 19.2 Å². The van der Waals surface area contributed by atoms with Gasteiger partial charge >= 0.3 is 0 Å². The number of fused-ring (bicyclic) bond motifs is 1. The number of hydrogen-bond donors (Lipinski definition) is 2. The average Bonchev–Trinajstić information content (AvgIpc) is 3.10. The normalized spacial score (nSPS) is 17.1. The lowest BCUT2D eigenvalue weighted by atomic mass is 9.75. The van der Waals surface area contributed by atoms with Crippen LogP contribution in [0, 0.1) is 11.2 Å². The summed E-state index contributed by atoms with van der Waals surface area (Å²) in [7, 11) is 1.66. The largest absolute Gasteiger partial charge is 0.496 e. The van der Waals surface area contributed by atoms with Crippen molar-refractivity contribution in [1.82, 2.24) is 10.6 Å². The topological polar surface area (TPSA) is 50.4 Å². The van der Waals surface area contributed by atoms with E-state index < -0.39 is 5.41 Å². The Morgan fingerprint density at radius 2 is 1.93 bits per heavy atom. The zero-order valence-corrected chi connectivity index (χ0v) is 15.6. The number of halogens is 1. The maximum atomic E-state index is 14.1. The molecule has 0 atom stereocenters. The standard InChI is InChI=1S/C22H25FN2O2/c1-27-20-10-16-7-4-6-15(16)9-18(20)12-25-21(26)22(13-24-14-22)11-17-5-2-3-8-19(17)23/h2-3,5,8-10,24H,4,6-7,11-14H2,1H3,(H,25,26). The molecule has 0 bridgehead atoms. The Balaban J connectivity index is 1.48. The van der Waals surface area contributed by atoms with Gasteiger partial charge in [-0.1, -0.05) is 24.3 Å². The smallest absolute Gasteiger partial charge is 0.229 e. The minimum atomic E-state index is -0.591. The molecule has 2 aliphatic rings. The number of aryl methyl sites for hydroxylation is 2. The molecule has 2 aromatic rings. The molecule has 4 rings (SSSR count). The van der Waals surface area contributed by atoms with E-state index >= 15 is 0 Å². The number of carbonyl (C=O) groups excluding carboxylic acids is 1. The molecule has 0 aromatic heterocycles. The Morgan fingerprint density at radius 1 is 1.19 bits per heavy atom. The Labute approximate surface area is 159 Å². The van der Waals surface area contributed by atoms with Gasteiger partial charge in [-0.25, -0.2) is 4.39 Å². The summed E-state index contributed by atoms with van der Waals surface area (Å²) in [6, 6.07) is 10.9. The lowest BCUT2D eigenvalue weighted by Gasteiger charge is -2.41. The van der Waals surface area contributed by atoms with Gasteiger partial charge in [0.05, 0.1) is 12.5 Å². The first kappa shape index (κ1) is 18.0. The van der Waals surface area contributed by atoms with Crippen molar-refractivity contribution >= 4 is 5.91 Å². The predicted molar refractivity (Wildman–Crippen MR) is 102 cm³/mol. The van der Waals surface area contributed by atoms with Crippen LogP contribution < -0.4 is 15.4 Å². The molecule has 1 amide bonds. The minimum absolute atomic E-state index is 0.0351. The molecule has 1 aliphatic carbocycles. The fourth-order valence-electron chi connectivity index (χ4n) is 4.14. The van der Waals surface area contributed by atoms with Crippen molar-refractivity contribution in [2.45, 2.75) is 32.2 Å². The van der Waals surface area contributed by atoms with Gasteiger partial charge in [-0.3, -0.25) is 4.79 Å². The number of carbonyl (C=O) groups is 1. The molecular weight excluding hydrogens is 343 g/mol. The number of amides is 1. The average molecular weight is 368 g/mol. The molecule has 2 aromatic carbocycles. The van der Waals surface area contributed by atoms with Crippen molar-refractivity contribution in [1.29, 1.82) is 0 Å². The number of hydrogen-bond acceptors (Lipinski definition) is 3. The molecule has 0 saturated carbocycles. The van der Waals surface area contributed by atoms with E-state index in [9.17, 15) is 9.18 Å². The zero-order valence-electron chi connectivity index (χ0n) is 15.6. The van der Waals surface area contributed by atoms with Crippen molar-refractivity contribution in [2.75, 3.05) is 20.2 Å². The molecule has 0 unspecified atom stereocenters. The number of rotatable bonds is 6. The monoisotopic (exact) mass is 368 g/mol. The van der Waals surface area contributed by atoms with Gasteiger partial charge in [0.15, 0.2) is 0 Å². The molecule has 0 spiro atoms. The summed E-state index contributed by atoms with van der Waals surface area (Å²) in [5.41, 5.74) is 3.70. The van der Waals surface area contributed by atoms with Crippen LogP contribution in [0.3, 0.4) is 0 Å². The number of nitrogens with one attached hydrogen (secondary N) is 2. The summed E-state index contributed by atoms with van der Waals surface area (Å²) in [4.78, 5) is 13.0. The number of methoxy groups -OCH3 is 1. The van der Waals surface area contributed by atoms with Crippen molar-refractivity contribution in [3.63, 3.8) is 0 Å². The van der Waals surface area contributed by atoms with Crippen LogP contribution in [-0.4, -0.2) is 26.1 Å². The summed E-state index contributed by atoms with van der Waals surface area (Å²) in [5.74, 6) is 0.537. The van der Waals surface area contributed by atoms with Crippen molar-refractivity contribution in [3.8, 4) is 5.75 Å². The first-order valence-electron chi connectivity index (χ1n) is 9.52. The van der Waals surface area contributed by atoms with E-state index in [4.69, 9.17) is 4.74 Å². The Hall–Kier alpha value is -2.40. The number of benzene rings is 2. The van der Waals surface area contributed by atoms with E-state index in [1.165, 1.54) is 23.6 Å². The lowest BCUT2D eigenvalue weighted by molar-refractivity contribution is -0.134. The van der Waals surface area contributed by atoms with Crippen LogP contribution in [0.4, 0.5) is 4.39 Å². The second-order valence-electron chi connectivity index (χ2n) is 7.62. The Bertz CT molecular complexity index is 861. The predicted octanol–water partition coefficient (Wildman–Crippen LogP) is 2.77. The maximum Gasteiger partial charge on any atom is 0.229 e. The molecular formula is C22H25FN2O2. The van der Waals surface area contributed by atoms with Crippen molar-refractivity contribution in [3.05, 3.63) is 64.5 Å². The molecule has 4 nitrogen and oxygen atoms in total. The molecule has 1 heterocycles. The van der Waals surface area contributed by atoms with Gasteiger partial charge in [-0.2, -0.15) is 0 Å². The lowest BCUT2D eigenvalue weighted by Crippen LogP contribution is -2.62. The summed E-state index contributed by atoms with van der Waals surface area (Å²) in [6.45, 7) is 1.55. The van der Waals surface area contributed by atoms with E-state index in [0.29, 0.717) is 31.6 Å². The fraction of sp³-hybridized carbons (Fsp3) is 0.409. The summed E-state index contributed by atoms with van der Waals surface area (Å²) in [6.07, 6.45) is 3.75. The van der Waals surface area contributed by atoms with Crippen LogP contribution in [-0.2, 0) is 30.6 Å². The molecule has 0 radical (unpaired) electrons. The minimum Gasteiger partial charge on any atom is -0.496 e. The van der Waals surface area contributed by atoms with Crippen LogP contribution in [0.1, 0.15) is 28.7 Å². The third-order valence-electron chi connectivity index (χ3n) is 5.83. The third-order valence-corrected chi connectivity index (χ3v) is 5.83. The summed E-state index contributed by atoms with van der Waals surface area (Å²) in [5, 5.41) is 6.24. The van der Waals surface area contributed by atoms with Crippen LogP contribution in [0.5, 0.6) is 5.75 Å². The van der Waals surface area contributed by atoms with Gasteiger partial charge in [-0.05, 0) is 54.5 Å². The highest BCUT2D eigenvalue weighted by Crippen LogP contribution is 2.32.